The lowest BCUT2D eigenvalue weighted by Crippen LogP contribution is -2.15. The van der Waals surface area contributed by atoms with Crippen LogP contribution in [0.5, 0.6) is 0 Å². The van der Waals surface area contributed by atoms with Crippen molar-refractivity contribution in [3.05, 3.63) is 63.9 Å². The van der Waals surface area contributed by atoms with Gasteiger partial charge in [-0.3, -0.25) is 4.79 Å². The number of amides is 1. The fourth-order valence-corrected chi connectivity index (χ4v) is 2.84. The second-order valence-corrected chi connectivity index (χ2v) is 5.91. The second kappa shape index (κ2) is 6.53. The molecule has 2 heterocycles. The molecule has 0 atom stereocenters. The molecule has 0 aliphatic carbocycles. The van der Waals surface area contributed by atoms with Crippen LogP contribution < -0.4 is 5.32 Å². The van der Waals surface area contributed by atoms with Gasteiger partial charge in [-0.25, -0.2) is 0 Å². The van der Waals surface area contributed by atoms with Gasteiger partial charge in [0.2, 0.25) is 11.8 Å². The molecule has 0 spiro atoms. The van der Waals surface area contributed by atoms with Crippen LogP contribution in [-0.2, 0) is 17.6 Å². The molecule has 0 radical (unpaired) electrons. The highest BCUT2D eigenvalue weighted by Gasteiger charge is 2.11. The van der Waals surface area contributed by atoms with Crippen molar-refractivity contribution < 1.29 is 9.32 Å². The van der Waals surface area contributed by atoms with Gasteiger partial charge in [-0.1, -0.05) is 29.4 Å². The van der Waals surface area contributed by atoms with E-state index in [9.17, 15) is 4.79 Å². The Hall–Kier alpha value is -2.47. The molecule has 0 saturated heterocycles. The molecule has 0 aliphatic heterocycles. The maximum atomic E-state index is 12.1. The van der Waals surface area contributed by atoms with Crippen molar-refractivity contribution in [2.75, 3.05) is 5.32 Å². The number of hydrogen-bond donors (Lipinski definition) is 1. The van der Waals surface area contributed by atoms with E-state index >= 15 is 0 Å². The molecule has 3 aromatic rings. The molecule has 1 amide bonds. The van der Waals surface area contributed by atoms with E-state index in [0.717, 1.165) is 16.1 Å². The summed E-state index contributed by atoms with van der Waals surface area (Å²) in [7, 11) is 0. The highest BCUT2D eigenvalue weighted by Crippen LogP contribution is 2.19. The number of para-hydroxylation sites is 1. The molecule has 2 aromatic heterocycles. The first-order chi connectivity index (χ1) is 10.7. The molecule has 1 aromatic carbocycles. The van der Waals surface area contributed by atoms with E-state index in [1.807, 2.05) is 41.8 Å². The topological polar surface area (TPSA) is 68.0 Å². The van der Waals surface area contributed by atoms with E-state index in [4.69, 9.17) is 4.52 Å². The van der Waals surface area contributed by atoms with Crippen LogP contribution in [0.3, 0.4) is 0 Å². The molecule has 0 saturated carbocycles. The number of carbonyl (C=O) groups is 1. The van der Waals surface area contributed by atoms with Crippen LogP contribution >= 0.6 is 11.3 Å². The third-order valence-corrected chi connectivity index (χ3v) is 3.99. The fourth-order valence-electron chi connectivity index (χ4n) is 2.14. The normalized spacial score (nSPS) is 10.6. The molecule has 0 unspecified atom stereocenters. The number of hydrogen-bond acceptors (Lipinski definition) is 5. The summed E-state index contributed by atoms with van der Waals surface area (Å²) in [5.41, 5.74) is 1.73. The molecular weight excluding hydrogens is 298 g/mol. The third-order valence-electron chi connectivity index (χ3n) is 3.12. The van der Waals surface area contributed by atoms with Gasteiger partial charge < -0.3 is 9.84 Å². The van der Waals surface area contributed by atoms with E-state index in [1.165, 1.54) is 0 Å². The van der Waals surface area contributed by atoms with Gasteiger partial charge in [-0.15, -0.1) is 11.3 Å². The van der Waals surface area contributed by atoms with Crippen molar-refractivity contribution >= 4 is 22.9 Å². The van der Waals surface area contributed by atoms with Crippen LogP contribution in [0, 0.1) is 6.92 Å². The molecule has 112 valence electrons. The zero-order chi connectivity index (χ0) is 15.4. The van der Waals surface area contributed by atoms with Crippen molar-refractivity contribution in [3.8, 4) is 0 Å². The Morgan fingerprint density at radius 2 is 2.14 bits per heavy atom. The summed E-state index contributed by atoms with van der Waals surface area (Å²) in [6, 6.07) is 11.5. The van der Waals surface area contributed by atoms with Gasteiger partial charge >= 0.3 is 0 Å². The Labute approximate surface area is 132 Å². The maximum absolute atomic E-state index is 12.1. The smallest absolute Gasteiger partial charge is 0.231 e. The van der Waals surface area contributed by atoms with Crippen LogP contribution in [0.2, 0.25) is 0 Å². The van der Waals surface area contributed by atoms with Crippen LogP contribution in [0.25, 0.3) is 0 Å². The minimum atomic E-state index is -0.0309. The highest BCUT2D eigenvalue weighted by atomic mass is 32.1. The second-order valence-electron chi connectivity index (χ2n) is 4.87. The van der Waals surface area contributed by atoms with Crippen LogP contribution in [0.4, 0.5) is 5.69 Å². The van der Waals surface area contributed by atoms with E-state index < -0.39 is 0 Å². The van der Waals surface area contributed by atoms with Gasteiger partial charge in [0.1, 0.15) is 0 Å². The SMILES string of the molecule is Cc1noc(Cc2ccccc2NC(=O)Cc2cccs2)n1. The zero-order valence-corrected chi connectivity index (χ0v) is 12.9. The molecule has 5 nitrogen and oxygen atoms in total. The quantitative estimate of drug-likeness (QED) is 0.785. The third kappa shape index (κ3) is 3.59. The molecule has 0 aliphatic rings. The predicted molar refractivity (Wildman–Crippen MR) is 84.9 cm³/mol. The van der Waals surface area contributed by atoms with Crippen molar-refractivity contribution in [3.63, 3.8) is 0 Å². The van der Waals surface area contributed by atoms with Crippen LogP contribution in [-0.4, -0.2) is 16.0 Å². The van der Waals surface area contributed by atoms with E-state index in [0.29, 0.717) is 24.6 Å². The summed E-state index contributed by atoms with van der Waals surface area (Å²) in [6.07, 6.45) is 0.877. The lowest BCUT2D eigenvalue weighted by molar-refractivity contribution is -0.115. The van der Waals surface area contributed by atoms with Crippen molar-refractivity contribution in [2.45, 2.75) is 19.8 Å². The number of thiophene rings is 1. The Bertz CT molecular complexity index is 765. The van der Waals surface area contributed by atoms with Crippen molar-refractivity contribution in [2.24, 2.45) is 0 Å². The summed E-state index contributed by atoms with van der Waals surface area (Å²) < 4.78 is 5.14. The molecule has 0 bridgehead atoms. The average molecular weight is 313 g/mol. The lowest BCUT2D eigenvalue weighted by atomic mass is 10.1. The van der Waals surface area contributed by atoms with Gasteiger partial charge in [0, 0.05) is 10.6 Å². The number of rotatable bonds is 5. The number of carbonyl (C=O) groups excluding carboxylic acids is 1. The average Bonchev–Trinajstić information content (AvgIpc) is 3.13. The van der Waals surface area contributed by atoms with E-state index in [-0.39, 0.29) is 5.91 Å². The van der Waals surface area contributed by atoms with Crippen molar-refractivity contribution in [1.29, 1.82) is 0 Å². The number of aryl methyl sites for hydroxylation is 1. The Balaban J connectivity index is 1.72. The first-order valence-corrected chi connectivity index (χ1v) is 7.78. The number of nitrogens with one attached hydrogen (secondary N) is 1. The Morgan fingerprint density at radius 3 is 2.86 bits per heavy atom. The van der Waals surface area contributed by atoms with Crippen molar-refractivity contribution in [1.82, 2.24) is 10.1 Å². The molecule has 22 heavy (non-hydrogen) atoms. The van der Waals surface area contributed by atoms with Gasteiger partial charge in [-0.05, 0) is 30.0 Å². The monoisotopic (exact) mass is 313 g/mol. The molecule has 0 fully saturated rings. The summed E-state index contributed by atoms with van der Waals surface area (Å²) in [6.45, 7) is 1.78. The molecular formula is C16H15N3O2S. The molecule has 3 rings (SSSR count). The van der Waals surface area contributed by atoms with E-state index in [1.54, 1.807) is 18.3 Å². The minimum Gasteiger partial charge on any atom is -0.339 e. The van der Waals surface area contributed by atoms with E-state index in [2.05, 4.69) is 15.5 Å². The molecule has 6 heteroatoms. The van der Waals surface area contributed by atoms with Crippen LogP contribution in [0.15, 0.2) is 46.3 Å². The zero-order valence-electron chi connectivity index (χ0n) is 12.1. The standard InChI is InChI=1S/C16H15N3O2S/c1-11-17-16(21-19-11)9-12-5-2-3-7-14(12)18-15(20)10-13-6-4-8-22-13/h2-8H,9-10H2,1H3,(H,18,20). The maximum Gasteiger partial charge on any atom is 0.231 e. The molecule has 1 N–H and O–H groups in total. The van der Waals surface area contributed by atoms with Gasteiger partial charge in [0.25, 0.3) is 0 Å². The summed E-state index contributed by atoms with van der Waals surface area (Å²) in [5.74, 6) is 1.11. The number of nitrogens with zero attached hydrogens (tertiary/aromatic N) is 2. The number of benzene rings is 1. The highest BCUT2D eigenvalue weighted by molar-refractivity contribution is 7.10. The van der Waals surface area contributed by atoms with Gasteiger partial charge in [0.15, 0.2) is 5.82 Å². The van der Waals surface area contributed by atoms with Crippen LogP contribution in [0.1, 0.15) is 22.2 Å². The first kappa shape index (κ1) is 14.5. The first-order valence-electron chi connectivity index (χ1n) is 6.90. The predicted octanol–water partition coefficient (Wildman–Crippen LogP) is 3.21. The minimum absolute atomic E-state index is 0.0309. The fraction of sp³-hybridized carbons (Fsp3) is 0.188. The summed E-state index contributed by atoms with van der Waals surface area (Å²) in [4.78, 5) is 17.4. The number of aromatic nitrogens is 2. The Morgan fingerprint density at radius 1 is 1.27 bits per heavy atom. The summed E-state index contributed by atoms with van der Waals surface area (Å²) in [5, 5.41) is 8.70. The van der Waals surface area contributed by atoms with Gasteiger partial charge in [0.05, 0.1) is 12.8 Å². The summed E-state index contributed by atoms with van der Waals surface area (Å²) >= 11 is 1.58. The Kier molecular flexibility index (Phi) is 4.29. The van der Waals surface area contributed by atoms with Gasteiger partial charge in [-0.2, -0.15) is 4.98 Å². The lowest BCUT2D eigenvalue weighted by Gasteiger charge is -2.09. The number of anilines is 1. The largest absolute Gasteiger partial charge is 0.339 e.